The Morgan fingerprint density at radius 1 is 0.800 bits per heavy atom. The second kappa shape index (κ2) is 17.9. The Labute approximate surface area is 290 Å². The van der Waals surface area contributed by atoms with Crippen molar-refractivity contribution in [1.29, 1.82) is 0 Å². The second-order valence-corrected chi connectivity index (χ2v) is 11.3. The lowest BCUT2D eigenvalue weighted by molar-refractivity contribution is -0.709. The van der Waals surface area contributed by atoms with Gasteiger partial charge in [0.15, 0.2) is 5.75 Å². The van der Waals surface area contributed by atoms with Crippen LogP contribution >= 0.6 is 0 Å². The van der Waals surface area contributed by atoms with Crippen LogP contribution < -0.4 is 29.2 Å². The van der Waals surface area contributed by atoms with Crippen LogP contribution in [-0.2, 0) is 0 Å². The van der Waals surface area contributed by atoms with E-state index in [-0.39, 0.29) is 34.1 Å². The summed E-state index contributed by atoms with van der Waals surface area (Å²) in [6.07, 6.45) is 5.06. The Bertz CT molecular complexity index is 1810. The molecule has 0 radical (unpaired) electrons. The predicted molar refractivity (Wildman–Crippen MR) is 189 cm³/mol. The molecule has 0 bridgehead atoms. The number of esters is 2. The maximum Gasteiger partial charge on any atom is 0.347 e. The monoisotopic (exact) mass is 685 g/mol. The molecule has 13 nitrogen and oxygen atoms in total. The van der Waals surface area contributed by atoms with Gasteiger partial charge < -0.3 is 29.1 Å². The summed E-state index contributed by atoms with van der Waals surface area (Å²) in [6.45, 7) is 4.85. The fourth-order valence-corrected chi connectivity index (χ4v) is 4.56. The minimum absolute atomic E-state index is 0.0880. The van der Waals surface area contributed by atoms with E-state index < -0.39 is 16.9 Å². The molecule has 4 aromatic carbocycles. The van der Waals surface area contributed by atoms with Gasteiger partial charge in [0.2, 0.25) is 5.69 Å². The number of carbonyl (C=O) groups is 2. The number of anilines is 2. The summed E-state index contributed by atoms with van der Waals surface area (Å²) in [5.74, 6) is -0.423. The highest BCUT2D eigenvalue weighted by Gasteiger charge is 2.19. The van der Waals surface area contributed by atoms with Gasteiger partial charge in [-0.05, 0) is 78.2 Å². The summed E-state index contributed by atoms with van der Waals surface area (Å²) in [5, 5.41) is 24.7. The van der Waals surface area contributed by atoms with E-state index >= 15 is 0 Å². The number of nitrogens with zero attached hydrogens (tertiary/aromatic N) is 3. The van der Waals surface area contributed by atoms with Crippen LogP contribution in [0.3, 0.4) is 0 Å². The smallest absolute Gasteiger partial charge is 0.347 e. The summed E-state index contributed by atoms with van der Waals surface area (Å²) >= 11 is 0. The molecular formula is C37H41N4O9+. The molecule has 0 saturated heterocycles. The van der Waals surface area contributed by atoms with Crippen LogP contribution in [0.2, 0.25) is 0 Å². The van der Waals surface area contributed by atoms with E-state index in [1.807, 2.05) is 38.1 Å². The molecule has 0 spiro atoms. The van der Waals surface area contributed by atoms with Gasteiger partial charge in [-0.3, -0.25) is 10.1 Å². The Balaban J connectivity index is 1.42. The summed E-state index contributed by atoms with van der Waals surface area (Å²) < 4.78 is 23.6. The maximum atomic E-state index is 13.0. The predicted octanol–water partition coefficient (Wildman–Crippen LogP) is 7.63. The van der Waals surface area contributed by atoms with E-state index in [1.54, 1.807) is 30.3 Å². The topological polar surface area (TPSA) is 153 Å². The Morgan fingerprint density at radius 2 is 1.48 bits per heavy atom. The van der Waals surface area contributed by atoms with Gasteiger partial charge in [-0.2, -0.15) is 0 Å². The van der Waals surface area contributed by atoms with Crippen LogP contribution in [0.5, 0.6) is 23.0 Å². The quantitative estimate of drug-likeness (QED) is 0.0130. The van der Waals surface area contributed by atoms with Gasteiger partial charge in [0, 0.05) is 44.0 Å². The van der Waals surface area contributed by atoms with Crippen molar-refractivity contribution in [1.82, 2.24) is 0 Å². The number of hydrogen-bond donors (Lipinski definition) is 2. The molecule has 0 aliphatic rings. The van der Waals surface area contributed by atoms with E-state index in [0.717, 1.165) is 29.7 Å². The summed E-state index contributed by atoms with van der Waals surface area (Å²) in [6, 6.07) is 21.4. The molecule has 0 aromatic heterocycles. The number of unbranched alkanes of at least 4 members (excludes halogenated alkanes) is 2. The lowest BCUT2D eigenvalue weighted by Gasteiger charge is -2.15. The van der Waals surface area contributed by atoms with Crippen LogP contribution in [0.15, 0.2) is 84.9 Å². The summed E-state index contributed by atoms with van der Waals surface area (Å²) in [5.41, 5.74) is 2.21. The van der Waals surface area contributed by atoms with Gasteiger partial charge in [-0.1, -0.05) is 26.7 Å². The first-order chi connectivity index (χ1) is 24.1. The van der Waals surface area contributed by atoms with Gasteiger partial charge in [0.25, 0.3) is 12.0 Å². The first-order valence-corrected chi connectivity index (χ1v) is 16.2. The number of benzene rings is 4. The molecular weight excluding hydrogens is 644 g/mol. The van der Waals surface area contributed by atoms with Crippen LogP contribution in [0.4, 0.5) is 22.7 Å². The summed E-state index contributed by atoms with van der Waals surface area (Å²) in [4.78, 5) is 38.2. The number of nitro benzene ring substituents is 1. The molecule has 0 heterocycles. The molecule has 4 rings (SSSR count). The standard InChI is InChI=1S/C37H40N4O9/c1-5-7-8-22-48-35-23-29(39(3)4)15-20-33(35)40(44)25-38-27-11-9-26(10-12-27)36(42)50-31-18-19-32(34(24-31)47-21-6-2)37(43)49-30-16-13-28(14-17-30)41(45)46/h9-20,23-25,44H,5-8,21-22H2,1-4H3/p+1. The van der Waals surface area contributed by atoms with Gasteiger partial charge in [-0.25, -0.2) is 14.9 Å². The third-order valence-electron chi connectivity index (χ3n) is 7.29. The van der Waals surface area contributed by atoms with Crippen molar-refractivity contribution in [2.75, 3.05) is 37.5 Å². The van der Waals surface area contributed by atoms with Crippen molar-refractivity contribution in [2.45, 2.75) is 39.5 Å². The fourth-order valence-electron chi connectivity index (χ4n) is 4.56. The van der Waals surface area contributed by atoms with Gasteiger partial charge >= 0.3 is 11.9 Å². The average Bonchev–Trinajstić information content (AvgIpc) is 3.11. The van der Waals surface area contributed by atoms with Crippen molar-refractivity contribution in [3.63, 3.8) is 0 Å². The number of non-ortho nitro benzene ring substituents is 1. The zero-order valence-corrected chi connectivity index (χ0v) is 28.5. The van der Waals surface area contributed by atoms with Gasteiger partial charge in [-0.15, -0.1) is 0 Å². The molecule has 2 N–H and O–H groups in total. The fraction of sp³-hybridized carbons (Fsp3) is 0.270. The summed E-state index contributed by atoms with van der Waals surface area (Å²) in [7, 11) is 3.86. The van der Waals surface area contributed by atoms with E-state index in [9.17, 15) is 24.9 Å². The second-order valence-electron chi connectivity index (χ2n) is 11.3. The van der Waals surface area contributed by atoms with Crippen molar-refractivity contribution >= 4 is 41.0 Å². The maximum absolute atomic E-state index is 13.0. The Hall–Kier alpha value is -6.11. The van der Waals surface area contributed by atoms with Crippen LogP contribution in [-0.4, -0.2) is 60.5 Å². The van der Waals surface area contributed by atoms with Gasteiger partial charge in [0.1, 0.15) is 28.5 Å². The highest BCUT2D eigenvalue weighted by Crippen LogP contribution is 2.31. The molecule has 0 aliphatic carbocycles. The van der Waals surface area contributed by atoms with E-state index in [0.29, 0.717) is 36.8 Å². The molecule has 0 saturated carbocycles. The lowest BCUT2D eigenvalue weighted by atomic mass is 10.2. The zero-order valence-electron chi connectivity index (χ0n) is 28.5. The largest absolute Gasteiger partial charge is 0.493 e. The number of hydrogen-bond acceptors (Lipinski definition) is 10. The minimum Gasteiger partial charge on any atom is -0.493 e. The molecule has 0 atom stereocenters. The zero-order chi connectivity index (χ0) is 36.0. The van der Waals surface area contributed by atoms with Crippen molar-refractivity contribution in [3.8, 4) is 23.0 Å². The Morgan fingerprint density at radius 3 is 2.14 bits per heavy atom. The number of nitro groups is 1. The van der Waals surface area contributed by atoms with E-state index in [4.69, 9.17) is 18.9 Å². The molecule has 262 valence electrons. The third-order valence-corrected chi connectivity index (χ3v) is 7.29. The van der Waals surface area contributed by atoms with Crippen LogP contribution in [0, 0.1) is 10.1 Å². The molecule has 0 unspecified atom stereocenters. The van der Waals surface area contributed by atoms with E-state index in [1.165, 1.54) is 48.8 Å². The van der Waals surface area contributed by atoms with Crippen molar-refractivity contribution in [3.05, 3.63) is 106 Å². The molecule has 0 amide bonds. The van der Waals surface area contributed by atoms with Gasteiger partial charge in [0.05, 0.1) is 23.7 Å². The minimum atomic E-state index is -0.745. The number of nitrogens with one attached hydrogen (secondary N) is 1. The molecule has 50 heavy (non-hydrogen) atoms. The highest BCUT2D eigenvalue weighted by atomic mass is 16.6. The van der Waals surface area contributed by atoms with Crippen LogP contribution in [0.1, 0.15) is 60.2 Å². The SMILES string of the molecule is CCCCCOc1cc(N(C)C)ccc1/[N+](O)=C\Nc1ccc(C(=O)Oc2ccc(C(=O)Oc3ccc([N+](=O)[O-])cc3)c(OCCC)c2)cc1. The first-order valence-electron chi connectivity index (χ1n) is 16.2. The molecule has 13 heteroatoms. The molecule has 0 aliphatic heterocycles. The molecule has 4 aromatic rings. The average molecular weight is 686 g/mol. The van der Waals surface area contributed by atoms with Crippen molar-refractivity contribution in [2.24, 2.45) is 0 Å². The number of ether oxygens (including phenoxy) is 4. The highest BCUT2D eigenvalue weighted by molar-refractivity contribution is 5.95. The Kier molecular flexibility index (Phi) is 13.1. The lowest BCUT2D eigenvalue weighted by Crippen LogP contribution is -2.13. The third kappa shape index (κ3) is 10.2. The number of carbonyl (C=O) groups excluding carboxylic acids is 2. The molecule has 0 fully saturated rings. The normalized spacial score (nSPS) is 11.0. The first kappa shape index (κ1) is 36.7. The van der Waals surface area contributed by atoms with Crippen molar-refractivity contribution < 1.29 is 43.4 Å². The number of rotatable bonds is 17. The van der Waals surface area contributed by atoms with Crippen LogP contribution in [0.25, 0.3) is 0 Å². The van der Waals surface area contributed by atoms with E-state index in [2.05, 4.69) is 12.2 Å².